The van der Waals surface area contributed by atoms with Crippen LogP contribution in [0.4, 0.5) is 0 Å². The summed E-state index contributed by atoms with van der Waals surface area (Å²) < 4.78 is 0. The van der Waals surface area contributed by atoms with Crippen molar-refractivity contribution in [1.29, 1.82) is 0 Å². The summed E-state index contributed by atoms with van der Waals surface area (Å²) in [6, 6.07) is 9.41. The first-order valence-electron chi connectivity index (χ1n) is 8.10. The molecule has 108 valence electrons. The third kappa shape index (κ3) is 1.69. The zero-order chi connectivity index (χ0) is 14.0. The monoisotopic (exact) mass is 299 g/mol. The third-order valence-corrected chi connectivity index (χ3v) is 6.23. The molecule has 1 aromatic heterocycles. The van der Waals surface area contributed by atoms with Gasteiger partial charge in [-0.1, -0.05) is 35.9 Å². The number of allylic oxidation sites excluding steroid dienone is 2. The maximum atomic E-state index is 6.36. The Morgan fingerprint density at radius 2 is 2.14 bits per heavy atom. The molecule has 5 rings (SSSR count). The van der Waals surface area contributed by atoms with Crippen LogP contribution in [0.1, 0.15) is 30.1 Å². The highest BCUT2D eigenvalue weighted by atomic mass is 35.5. The smallest absolute Gasteiger partial charge is 0.132 e. The summed E-state index contributed by atoms with van der Waals surface area (Å²) in [6.07, 6.45) is 5.73. The predicted octanol–water partition coefficient (Wildman–Crippen LogP) is 2.81. The Kier molecular flexibility index (Phi) is 2.56. The van der Waals surface area contributed by atoms with Crippen LogP contribution < -0.4 is 4.90 Å². The maximum absolute atomic E-state index is 6.36. The summed E-state index contributed by atoms with van der Waals surface area (Å²) in [7, 11) is 0. The minimum atomic E-state index is 0.633. The van der Waals surface area contributed by atoms with Gasteiger partial charge in [0, 0.05) is 34.2 Å². The van der Waals surface area contributed by atoms with Gasteiger partial charge in [-0.3, -0.25) is 0 Å². The number of aromatic nitrogens is 1. The molecule has 3 heterocycles. The molecule has 2 nitrogen and oxygen atoms in total. The van der Waals surface area contributed by atoms with Crippen LogP contribution in [0, 0.1) is 11.8 Å². The largest absolute Gasteiger partial charge is 0.353 e. The van der Waals surface area contributed by atoms with E-state index in [4.69, 9.17) is 11.6 Å². The van der Waals surface area contributed by atoms with Crippen molar-refractivity contribution in [3.63, 3.8) is 0 Å². The van der Waals surface area contributed by atoms with Crippen LogP contribution in [0.2, 0.25) is 0 Å². The van der Waals surface area contributed by atoms with Gasteiger partial charge in [-0.15, -0.1) is 0 Å². The Balaban J connectivity index is 1.65. The van der Waals surface area contributed by atoms with Gasteiger partial charge in [-0.2, -0.15) is 0 Å². The molecule has 1 unspecified atom stereocenters. The lowest BCUT2D eigenvalue weighted by molar-refractivity contribution is -0.923. The molecule has 0 amide bonds. The summed E-state index contributed by atoms with van der Waals surface area (Å²) in [6.45, 7) is 2.61. The molecule has 0 radical (unpaired) electrons. The van der Waals surface area contributed by atoms with Gasteiger partial charge in [-0.05, 0) is 24.5 Å². The molecular weight excluding hydrogens is 280 g/mol. The molecule has 1 aromatic carbocycles. The molecule has 3 heteroatoms. The quantitative estimate of drug-likeness (QED) is 0.746. The Hall–Kier alpha value is -1.25. The van der Waals surface area contributed by atoms with Crippen molar-refractivity contribution in [1.82, 2.24) is 4.98 Å². The number of fused-ring (bicyclic) bond motifs is 7. The number of benzene rings is 1. The topological polar surface area (TPSA) is 20.2 Å². The zero-order valence-corrected chi connectivity index (χ0v) is 12.8. The lowest BCUT2D eigenvalue weighted by Crippen LogP contribution is -3.11. The second-order valence-corrected chi connectivity index (χ2v) is 7.40. The average molecular weight is 300 g/mol. The molecule has 1 aliphatic carbocycles. The van der Waals surface area contributed by atoms with Gasteiger partial charge < -0.3 is 9.88 Å². The van der Waals surface area contributed by atoms with Crippen molar-refractivity contribution in [3.8, 4) is 0 Å². The van der Waals surface area contributed by atoms with Gasteiger partial charge in [0.05, 0.1) is 18.8 Å². The Bertz CT molecular complexity index is 745. The number of quaternary nitrogens is 1. The predicted molar refractivity (Wildman–Crippen MR) is 85.6 cm³/mol. The molecule has 2 aliphatic heterocycles. The molecule has 1 saturated heterocycles. The van der Waals surface area contributed by atoms with E-state index in [1.165, 1.54) is 42.5 Å². The van der Waals surface area contributed by atoms with E-state index < -0.39 is 0 Å². The fourth-order valence-corrected chi connectivity index (χ4v) is 5.30. The second kappa shape index (κ2) is 4.37. The van der Waals surface area contributed by atoms with E-state index in [1.807, 2.05) is 0 Å². The molecule has 3 aliphatic rings. The minimum absolute atomic E-state index is 0.633. The van der Waals surface area contributed by atoms with Crippen molar-refractivity contribution < 1.29 is 4.90 Å². The Labute approximate surface area is 129 Å². The van der Waals surface area contributed by atoms with Gasteiger partial charge >= 0.3 is 0 Å². The molecule has 21 heavy (non-hydrogen) atoms. The third-order valence-electron chi connectivity index (χ3n) is 5.92. The van der Waals surface area contributed by atoms with Gasteiger partial charge in [0.25, 0.3) is 0 Å². The first-order chi connectivity index (χ1) is 10.3. The number of para-hydroxylation sites is 1. The van der Waals surface area contributed by atoms with Crippen LogP contribution in [0.3, 0.4) is 0 Å². The van der Waals surface area contributed by atoms with Gasteiger partial charge in [0.15, 0.2) is 0 Å². The lowest BCUT2D eigenvalue weighted by atomic mass is 9.79. The van der Waals surface area contributed by atoms with Crippen LogP contribution in [0.15, 0.2) is 35.4 Å². The summed E-state index contributed by atoms with van der Waals surface area (Å²) >= 11 is 6.36. The van der Waals surface area contributed by atoms with Crippen LogP contribution in [-0.4, -0.2) is 18.1 Å². The summed E-state index contributed by atoms with van der Waals surface area (Å²) in [5.41, 5.74) is 4.40. The molecule has 0 bridgehead atoms. The molecule has 0 spiro atoms. The van der Waals surface area contributed by atoms with E-state index in [9.17, 15) is 0 Å². The highest BCUT2D eigenvalue weighted by Gasteiger charge is 2.50. The number of rotatable bonds is 0. The molecule has 1 fully saturated rings. The number of hydrogen-bond acceptors (Lipinski definition) is 0. The summed E-state index contributed by atoms with van der Waals surface area (Å²) in [5, 5.41) is 2.52. The standard InChI is InChI=1S/C18H19ClN2/c19-12-6-5-11-10-21-8-7-14-13-3-1-2-4-16(13)20-17(14)18(21)15(11)9-12/h1-4,6,11,15,18,20H,5,7-10H2/p+1/t11-,15-,18+/m1/s1. The van der Waals surface area contributed by atoms with Crippen molar-refractivity contribution in [2.24, 2.45) is 11.8 Å². The van der Waals surface area contributed by atoms with E-state index in [0.29, 0.717) is 6.04 Å². The second-order valence-electron chi connectivity index (χ2n) is 6.92. The highest BCUT2D eigenvalue weighted by Crippen LogP contribution is 2.43. The van der Waals surface area contributed by atoms with E-state index in [-0.39, 0.29) is 0 Å². The Morgan fingerprint density at radius 3 is 3.10 bits per heavy atom. The molecule has 0 saturated carbocycles. The van der Waals surface area contributed by atoms with Crippen molar-refractivity contribution in [2.75, 3.05) is 13.1 Å². The Morgan fingerprint density at radius 1 is 1.24 bits per heavy atom. The van der Waals surface area contributed by atoms with Crippen molar-refractivity contribution >= 4 is 22.5 Å². The van der Waals surface area contributed by atoms with Crippen molar-refractivity contribution in [3.05, 3.63) is 46.6 Å². The zero-order valence-electron chi connectivity index (χ0n) is 12.0. The van der Waals surface area contributed by atoms with E-state index in [1.54, 1.807) is 10.5 Å². The highest BCUT2D eigenvalue weighted by molar-refractivity contribution is 6.29. The number of halogens is 1. The molecular formula is C18H20ClN2+. The lowest BCUT2D eigenvalue weighted by Gasteiger charge is -2.30. The molecule has 2 N–H and O–H groups in total. The molecule has 2 aromatic rings. The summed E-state index contributed by atoms with van der Waals surface area (Å²) in [5.74, 6) is 1.55. The summed E-state index contributed by atoms with van der Waals surface area (Å²) in [4.78, 5) is 5.53. The first-order valence-corrected chi connectivity index (χ1v) is 8.47. The van der Waals surface area contributed by atoms with Crippen LogP contribution in [0.25, 0.3) is 10.9 Å². The number of aromatic amines is 1. The van der Waals surface area contributed by atoms with Gasteiger partial charge in [-0.25, -0.2) is 0 Å². The maximum Gasteiger partial charge on any atom is 0.132 e. The van der Waals surface area contributed by atoms with Crippen LogP contribution in [0.5, 0.6) is 0 Å². The van der Waals surface area contributed by atoms with Crippen molar-refractivity contribution in [2.45, 2.75) is 25.3 Å². The normalized spacial score (nSPS) is 34.2. The van der Waals surface area contributed by atoms with E-state index in [0.717, 1.165) is 23.3 Å². The SMILES string of the molecule is ClC1=CC[C@@H]2C[NH+]3CCc4c([nH]c5ccccc45)[C@@H]3[C@@H]2C1. The molecule has 4 atom stereocenters. The van der Waals surface area contributed by atoms with Gasteiger partial charge in [0.1, 0.15) is 6.04 Å². The minimum Gasteiger partial charge on any atom is -0.353 e. The number of H-pyrrole nitrogens is 1. The van der Waals surface area contributed by atoms with E-state index >= 15 is 0 Å². The number of hydrogen-bond donors (Lipinski definition) is 2. The van der Waals surface area contributed by atoms with Crippen LogP contribution >= 0.6 is 11.6 Å². The fourth-order valence-electron chi connectivity index (χ4n) is 5.04. The van der Waals surface area contributed by atoms with E-state index in [2.05, 4.69) is 35.3 Å². The first kappa shape index (κ1) is 12.3. The van der Waals surface area contributed by atoms with Gasteiger partial charge in [0.2, 0.25) is 0 Å². The fraction of sp³-hybridized carbons (Fsp3) is 0.444. The average Bonchev–Trinajstić information content (AvgIpc) is 3.04. The number of nitrogens with one attached hydrogen (secondary N) is 2. The van der Waals surface area contributed by atoms with Crippen LogP contribution in [-0.2, 0) is 6.42 Å².